The van der Waals surface area contributed by atoms with Crippen molar-refractivity contribution in [3.63, 3.8) is 0 Å². The van der Waals surface area contributed by atoms with Gasteiger partial charge in [-0.1, -0.05) is 30.9 Å². The Hall–Kier alpha value is 0.240. The zero-order chi connectivity index (χ0) is 6.15. The lowest BCUT2D eigenvalue weighted by molar-refractivity contribution is 0.682. The van der Waals surface area contributed by atoms with Gasteiger partial charge in [0, 0.05) is 11.3 Å². The second-order valence-electron chi connectivity index (χ2n) is 2.04. The molecule has 0 radical (unpaired) electrons. The number of rotatable bonds is 0. The van der Waals surface area contributed by atoms with E-state index in [2.05, 4.69) is 19.2 Å². The lowest BCUT2D eigenvalue weighted by atomic mass is 10.3. The molecule has 0 aromatic rings. The third-order valence-electron chi connectivity index (χ3n) is 1.34. The quantitative estimate of drug-likeness (QED) is 0.520. The minimum atomic E-state index is 0.562. The van der Waals surface area contributed by atoms with Crippen molar-refractivity contribution in [3.05, 3.63) is 0 Å². The number of hydrogen-bond donors (Lipinski definition) is 1. The van der Waals surface area contributed by atoms with Crippen LogP contribution in [0.25, 0.3) is 0 Å². The van der Waals surface area contributed by atoms with Crippen LogP contribution in [0.2, 0.25) is 0 Å². The lowest BCUT2D eigenvalue weighted by Gasteiger charge is -2.04. The fourth-order valence-corrected chi connectivity index (χ4v) is 2.11. The molecule has 1 heterocycles. The van der Waals surface area contributed by atoms with Gasteiger partial charge in [0.05, 0.1) is 0 Å². The van der Waals surface area contributed by atoms with Gasteiger partial charge in [0.2, 0.25) is 0 Å². The normalized spacial score (nSPS) is 37.5. The summed E-state index contributed by atoms with van der Waals surface area (Å²) in [7, 11) is 0. The van der Waals surface area contributed by atoms with Gasteiger partial charge in [-0.3, -0.25) is 0 Å². The van der Waals surface area contributed by atoms with E-state index in [1.165, 1.54) is 0 Å². The van der Waals surface area contributed by atoms with E-state index in [9.17, 15) is 0 Å². The van der Waals surface area contributed by atoms with E-state index in [-0.39, 0.29) is 0 Å². The number of nitrogens with one attached hydrogen (secondary N) is 1. The Balaban J connectivity index is 2.51. The summed E-state index contributed by atoms with van der Waals surface area (Å²) in [5.41, 5.74) is 0. The highest BCUT2D eigenvalue weighted by molar-refractivity contribution is 8.23. The molecule has 0 aromatic carbocycles. The molecule has 0 saturated carbocycles. The van der Waals surface area contributed by atoms with E-state index >= 15 is 0 Å². The third kappa shape index (κ3) is 1.14. The SMILES string of the molecule is C[C@@H]1NC(=S)S[C@@H]1C. The molecule has 46 valence electrons. The first-order chi connectivity index (χ1) is 3.70. The molecule has 0 unspecified atom stereocenters. The summed E-state index contributed by atoms with van der Waals surface area (Å²) in [4.78, 5) is 0. The highest BCUT2D eigenvalue weighted by atomic mass is 32.2. The second-order valence-corrected chi connectivity index (χ2v) is 4.10. The first-order valence-electron chi connectivity index (χ1n) is 2.67. The average Bonchev–Trinajstić information content (AvgIpc) is 1.85. The Bertz CT molecular complexity index is 101. The molecule has 1 fully saturated rings. The summed E-state index contributed by atoms with van der Waals surface area (Å²) in [6, 6.07) is 0.562. The Kier molecular flexibility index (Phi) is 1.77. The monoisotopic (exact) mass is 147 g/mol. The van der Waals surface area contributed by atoms with Crippen LogP contribution in [0.4, 0.5) is 0 Å². The van der Waals surface area contributed by atoms with Gasteiger partial charge in [0.25, 0.3) is 0 Å². The second kappa shape index (κ2) is 2.23. The summed E-state index contributed by atoms with van der Waals surface area (Å²) < 4.78 is 0.949. The smallest absolute Gasteiger partial charge is 0.134 e. The predicted octanol–water partition coefficient (Wildman–Crippen LogP) is 1.38. The van der Waals surface area contributed by atoms with Crippen LogP contribution in [0.5, 0.6) is 0 Å². The van der Waals surface area contributed by atoms with E-state index < -0.39 is 0 Å². The summed E-state index contributed by atoms with van der Waals surface area (Å²) in [6.45, 7) is 4.33. The highest BCUT2D eigenvalue weighted by Gasteiger charge is 2.22. The molecule has 0 amide bonds. The van der Waals surface area contributed by atoms with Gasteiger partial charge in [0.15, 0.2) is 0 Å². The van der Waals surface area contributed by atoms with Crippen LogP contribution < -0.4 is 5.32 Å². The summed E-state index contributed by atoms with van der Waals surface area (Å²) in [6.07, 6.45) is 0. The van der Waals surface area contributed by atoms with Crippen LogP contribution >= 0.6 is 24.0 Å². The highest BCUT2D eigenvalue weighted by Crippen LogP contribution is 2.21. The molecule has 3 heteroatoms. The van der Waals surface area contributed by atoms with Crippen molar-refractivity contribution < 1.29 is 0 Å². The molecule has 1 aliphatic rings. The van der Waals surface area contributed by atoms with Crippen molar-refractivity contribution in [2.75, 3.05) is 0 Å². The van der Waals surface area contributed by atoms with Crippen LogP contribution in [-0.2, 0) is 0 Å². The van der Waals surface area contributed by atoms with Gasteiger partial charge >= 0.3 is 0 Å². The predicted molar refractivity (Wildman–Crippen MR) is 42.2 cm³/mol. The Morgan fingerprint density at radius 2 is 2.25 bits per heavy atom. The number of thiocarbonyl (C=S) groups is 1. The van der Waals surface area contributed by atoms with Crippen LogP contribution in [0, 0.1) is 0 Å². The Morgan fingerprint density at radius 3 is 2.38 bits per heavy atom. The van der Waals surface area contributed by atoms with Crippen molar-refractivity contribution >= 4 is 28.3 Å². The van der Waals surface area contributed by atoms with Crippen LogP contribution in [0.1, 0.15) is 13.8 Å². The van der Waals surface area contributed by atoms with Crippen LogP contribution in [0.15, 0.2) is 0 Å². The molecule has 1 rings (SSSR count). The molecule has 1 saturated heterocycles. The average molecular weight is 147 g/mol. The molecule has 0 bridgehead atoms. The molecule has 0 aromatic heterocycles. The zero-order valence-corrected chi connectivity index (χ0v) is 6.60. The lowest BCUT2D eigenvalue weighted by Crippen LogP contribution is -2.25. The fourth-order valence-electron chi connectivity index (χ4n) is 0.608. The fraction of sp³-hybridized carbons (Fsp3) is 0.800. The summed E-state index contributed by atoms with van der Waals surface area (Å²) in [5.74, 6) is 0. The number of thioether (sulfide) groups is 1. The van der Waals surface area contributed by atoms with E-state index in [0.29, 0.717) is 11.3 Å². The molecule has 0 aliphatic carbocycles. The van der Waals surface area contributed by atoms with E-state index in [0.717, 1.165) is 4.32 Å². The van der Waals surface area contributed by atoms with Gasteiger partial charge in [-0.2, -0.15) is 0 Å². The van der Waals surface area contributed by atoms with Crippen LogP contribution in [0.3, 0.4) is 0 Å². The van der Waals surface area contributed by atoms with Crippen LogP contribution in [-0.4, -0.2) is 15.6 Å². The molecule has 1 aliphatic heterocycles. The standard InChI is InChI=1S/C5H9NS2/c1-3-4(2)8-5(7)6-3/h3-4H,1-2H3,(H,6,7)/t3-,4+/m0/s1. The van der Waals surface area contributed by atoms with Crippen molar-refractivity contribution in [1.82, 2.24) is 5.32 Å². The molecule has 0 spiro atoms. The Labute approximate surface area is 59.2 Å². The van der Waals surface area contributed by atoms with Gasteiger partial charge in [-0.25, -0.2) is 0 Å². The van der Waals surface area contributed by atoms with E-state index in [1.54, 1.807) is 11.8 Å². The first-order valence-corrected chi connectivity index (χ1v) is 3.96. The molecule has 2 atom stereocenters. The minimum Gasteiger partial charge on any atom is -0.367 e. The molecule has 1 nitrogen and oxygen atoms in total. The Morgan fingerprint density at radius 1 is 1.62 bits per heavy atom. The van der Waals surface area contributed by atoms with Crippen molar-refractivity contribution in [1.29, 1.82) is 0 Å². The molecular formula is C5H9NS2. The van der Waals surface area contributed by atoms with E-state index in [4.69, 9.17) is 12.2 Å². The van der Waals surface area contributed by atoms with Gasteiger partial charge in [0.1, 0.15) is 4.32 Å². The minimum absolute atomic E-state index is 0.562. The molecule has 8 heavy (non-hydrogen) atoms. The maximum Gasteiger partial charge on any atom is 0.134 e. The maximum absolute atomic E-state index is 4.92. The third-order valence-corrected chi connectivity index (χ3v) is 2.86. The zero-order valence-electron chi connectivity index (χ0n) is 4.97. The topological polar surface area (TPSA) is 12.0 Å². The summed E-state index contributed by atoms with van der Waals surface area (Å²) >= 11 is 6.67. The largest absolute Gasteiger partial charge is 0.367 e. The molecular weight excluding hydrogens is 138 g/mol. The molecule has 1 N–H and O–H groups in total. The first kappa shape index (κ1) is 6.36. The van der Waals surface area contributed by atoms with Gasteiger partial charge in [-0.15, -0.1) is 0 Å². The van der Waals surface area contributed by atoms with Crippen molar-refractivity contribution in [3.8, 4) is 0 Å². The van der Waals surface area contributed by atoms with Crippen molar-refractivity contribution in [2.24, 2.45) is 0 Å². The number of hydrogen-bond acceptors (Lipinski definition) is 2. The van der Waals surface area contributed by atoms with Gasteiger partial charge < -0.3 is 5.32 Å². The van der Waals surface area contributed by atoms with Crippen molar-refractivity contribution in [2.45, 2.75) is 25.1 Å². The van der Waals surface area contributed by atoms with Gasteiger partial charge in [-0.05, 0) is 6.92 Å². The maximum atomic E-state index is 4.92. The van der Waals surface area contributed by atoms with E-state index in [1.807, 2.05) is 0 Å². The summed E-state index contributed by atoms with van der Waals surface area (Å²) in [5, 5.41) is 3.82.